The predicted octanol–water partition coefficient (Wildman–Crippen LogP) is 4.96. The summed E-state index contributed by atoms with van der Waals surface area (Å²) in [7, 11) is 0. The number of carbonyl (C=O) groups excluding carboxylic acids is 1. The van der Waals surface area contributed by atoms with E-state index in [4.69, 9.17) is 14.0 Å². The van der Waals surface area contributed by atoms with E-state index in [1.807, 2.05) is 37.3 Å². The number of aromatic nitrogens is 2. The zero-order valence-electron chi connectivity index (χ0n) is 17.2. The lowest BCUT2D eigenvalue weighted by molar-refractivity contribution is -0.118. The van der Waals surface area contributed by atoms with Gasteiger partial charge in [-0.1, -0.05) is 17.3 Å². The molecule has 0 saturated heterocycles. The minimum Gasteiger partial charge on any atom is -0.494 e. The molecule has 1 N–H and O–H groups in total. The molecule has 0 unspecified atom stereocenters. The lowest BCUT2D eigenvalue weighted by Gasteiger charge is -2.08. The Hall–Kier alpha value is -4.20. The molecule has 0 spiro atoms. The van der Waals surface area contributed by atoms with Crippen molar-refractivity contribution in [2.45, 2.75) is 6.92 Å². The van der Waals surface area contributed by atoms with Crippen LogP contribution in [0.25, 0.3) is 22.8 Å². The number of halogens is 1. The molecule has 0 atom stereocenters. The predicted molar refractivity (Wildman–Crippen MR) is 117 cm³/mol. The van der Waals surface area contributed by atoms with Crippen LogP contribution in [0, 0.1) is 5.82 Å². The third kappa shape index (κ3) is 5.28. The van der Waals surface area contributed by atoms with Crippen LogP contribution in [0.3, 0.4) is 0 Å². The van der Waals surface area contributed by atoms with Gasteiger partial charge in [0.15, 0.2) is 6.61 Å². The summed E-state index contributed by atoms with van der Waals surface area (Å²) in [6, 6.07) is 19.9. The van der Waals surface area contributed by atoms with E-state index >= 15 is 0 Å². The highest BCUT2D eigenvalue weighted by Crippen LogP contribution is 2.26. The van der Waals surface area contributed by atoms with Crippen LogP contribution in [0.15, 0.2) is 77.3 Å². The van der Waals surface area contributed by atoms with Crippen LogP contribution in [0.2, 0.25) is 0 Å². The van der Waals surface area contributed by atoms with Crippen molar-refractivity contribution in [3.05, 3.63) is 78.6 Å². The van der Waals surface area contributed by atoms with Crippen molar-refractivity contribution < 1.29 is 23.2 Å². The maximum Gasteiger partial charge on any atom is 0.262 e. The van der Waals surface area contributed by atoms with Gasteiger partial charge < -0.3 is 19.3 Å². The van der Waals surface area contributed by atoms with Crippen molar-refractivity contribution in [2.75, 3.05) is 18.5 Å². The molecule has 162 valence electrons. The van der Waals surface area contributed by atoms with Gasteiger partial charge in [0.05, 0.1) is 6.61 Å². The highest BCUT2D eigenvalue weighted by atomic mass is 19.1. The largest absolute Gasteiger partial charge is 0.494 e. The summed E-state index contributed by atoms with van der Waals surface area (Å²) in [4.78, 5) is 16.5. The van der Waals surface area contributed by atoms with Crippen LogP contribution in [0.4, 0.5) is 10.1 Å². The molecule has 0 fully saturated rings. The van der Waals surface area contributed by atoms with Gasteiger partial charge in [0.2, 0.25) is 5.82 Å². The minimum atomic E-state index is -0.372. The summed E-state index contributed by atoms with van der Waals surface area (Å²) in [6.07, 6.45) is 0. The number of benzene rings is 3. The van der Waals surface area contributed by atoms with Crippen LogP contribution in [0.1, 0.15) is 6.92 Å². The van der Waals surface area contributed by atoms with Crippen LogP contribution < -0.4 is 14.8 Å². The zero-order chi connectivity index (χ0) is 22.3. The molecule has 1 aromatic heterocycles. The Morgan fingerprint density at radius 1 is 0.969 bits per heavy atom. The average molecular weight is 433 g/mol. The van der Waals surface area contributed by atoms with Crippen molar-refractivity contribution in [1.29, 1.82) is 0 Å². The Morgan fingerprint density at radius 2 is 1.75 bits per heavy atom. The molecule has 1 heterocycles. The van der Waals surface area contributed by atoms with Crippen molar-refractivity contribution in [3.63, 3.8) is 0 Å². The number of rotatable bonds is 8. The fraction of sp³-hybridized carbons (Fsp3) is 0.125. The molecule has 0 aliphatic heterocycles. The second-order valence-corrected chi connectivity index (χ2v) is 6.75. The minimum absolute atomic E-state index is 0.204. The Labute approximate surface area is 183 Å². The van der Waals surface area contributed by atoms with Crippen molar-refractivity contribution in [2.24, 2.45) is 0 Å². The number of hydrogen-bond acceptors (Lipinski definition) is 6. The van der Waals surface area contributed by atoms with Gasteiger partial charge in [-0.3, -0.25) is 4.79 Å². The third-order valence-electron chi connectivity index (χ3n) is 4.43. The normalized spacial score (nSPS) is 10.6. The summed E-state index contributed by atoms with van der Waals surface area (Å²) in [5.74, 6) is 1.29. The van der Waals surface area contributed by atoms with Gasteiger partial charge in [-0.25, -0.2) is 4.39 Å². The van der Waals surface area contributed by atoms with E-state index in [2.05, 4.69) is 15.5 Å². The summed E-state index contributed by atoms with van der Waals surface area (Å²) >= 11 is 0. The quantitative estimate of drug-likeness (QED) is 0.423. The van der Waals surface area contributed by atoms with E-state index in [9.17, 15) is 9.18 Å². The van der Waals surface area contributed by atoms with Crippen LogP contribution in [-0.2, 0) is 4.79 Å². The number of ether oxygens (including phenoxy) is 2. The highest BCUT2D eigenvalue weighted by molar-refractivity contribution is 5.91. The van der Waals surface area contributed by atoms with Gasteiger partial charge in [0, 0.05) is 16.8 Å². The van der Waals surface area contributed by atoms with E-state index in [1.54, 1.807) is 18.2 Å². The standard InChI is InChI=1S/C24H20FN3O4/c1-2-30-20-12-6-16(7-13-20)24-27-23(28-32-24)17-4-3-5-21(14-17)31-15-22(29)26-19-10-8-18(25)9-11-19/h3-14H,2,15H2,1H3,(H,26,29). The molecule has 0 radical (unpaired) electrons. The van der Waals surface area contributed by atoms with Crippen LogP contribution >= 0.6 is 0 Å². The number of nitrogens with zero attached hydrogens (tertiary/aromatic N) is 2. The fourth-order valence-electron chi connectivity index (χ4n) is 2.92. The Balaban J connectivity index is 1.39. The molecule has 0 aliphatic rings. The molecule has 0 bridgehead atoms. The molecular formula is C24H20FN3O4. The topological polar surface area (TPSA) is 86.5 Å². The fourth-order valence-corrected chi connectivity index (χ4v) is 2.92. The second kappa shape index (κ2) is 9.74. The number of anilines is 1. The number of nitrogens with one attached hydrogen (secondary N) is 1. The molecule has 4 rings (SSSR count). The number of carbonyl (C=O) groups is 1. The first-order valence-corrected chi connectivity index (χ1v) is 9.96. The molecular weight excluding hydrogens is 413 g/mol. The van der Waals surface area contributed by atoms with E-state index < -0.39 is 0 Å². The van der Waals surface area contributed by atoms with E-state index in [-0.39, 0.29) is 18.3 Å². The molecule has 1 amide bonds. The molecule has 4 aromatic rings. The molecule has 0 saturated carbocycles. The van der Waals surface area contributed by atoms with E-state index in [1.165, 1.54) is 24.3 Å². The van der Waals surface area contributed by atoms with E-state index in [0.29, 0.717) is 35.3 Å². The molecule has 0 aliphatic carbocycles. The summed E-state index contributed by atoms with van der Waals surface area (Å²) in [5.41, 5.74) is 1.95. The van der Waals surface area contributed by atoms with Crippen molar-refractivity contribution >= 4 is 11.6 Å². The molecule has 3 aromatic carbocycles. The smallest absolute Gasteiger partial charge is 0.262 e. The second-order valence-electron chi connectivity index (χ2n) is 6.75. The van der Waals surface area contributed by atoms with Gasteiger partial charge in [-0.05, 0) is 67.6 Å². The van der Waals surface area contributed by atoms with Crippen LogP contribution in [0.5, 0.6) is 11.5 Å². The van der Waals surface area contributed by atoms with Crippen LogP contribution in [-0.4, -0.2) is 29.3 Å². The first-order valence-electron chi connectivity index (χ1n) is 9.96. The van der Waals surface area contributed by atoms with Crippen molar-refractivity contribution in [3.8, 4) is 34.3 Å². The van der Waals surface area contributed by atoms with Crippen molar-refractivity contribution in [1.82, 2.24) is 10.1 Å². The SMILES string of the molecule is CCOc1ccc(-c2nc(-c3cccc(OCC(=O)Nc4ccc(F)cc4)c3)no2)cc1. The zero-order valence-corrected chi connectivity index (χ0v) is 17.2. The van der Waals surface area contributed by atoms with Gasteiger partial charge >= 0.3 is 0 Å². The van der Waals surface area contributed by atoms with E-state index in [0.717, 1.165) is 11.3 Å². The summed E-state index contributed by atoms with van der Waals surface area (Å²) in [5, 5.41) is 6.68. The van der Waals surface area contributed by atoms with Gasteiger partial charge in [0.1, 0.15) is 17.3 Å². The van der Waals surface area contributed by atoms with Gasteiger partial charge in [-0.15, -0.1) is 0 Å². The Bertz CT molecular complexity index is 1190. The first kappa shape index (κ1) is 21.0. The maximum atomic E-state index is 13.0. The number of hydrogen-bond donors (Lipinski definition) is 1. The first-order chi connectivity index (χ1) is 15.6. The Kier molecular flexibility index (Phi) is 6.41. The van der Waals surface area contributed by atoms with Gasteiger partial charge in [-0.2, -0.15) is 4.98 Å². The monoisotopic (exact) mass is 433 g/mol. The lowest BCUT2D eigenvalue weighted by Crippen LogP contribution is -2.20. The average Bonchev–Trinajstić information content (AvgIpc) is 3.31. The third-order valence-corrected chi connectivity index (χ3v) is 4.43. The Morgan fingerprint density at radius 3 is 2.50 bits per heavy atom. The summed E-state index contributed by atoms with van der Waals surface area (Å²) in [6.45, 7) is 2.31. The molecule has 32 heavy (non-hydrogen) atoms. The number of amides is 1. The lowest BCUT2D eigenvalue weighted by atomic mass is 10.2. The van der Waals surface area contributed by atoms with Gasteiger partial charge in [0.25, 0.3) is 11.8 Å². The maximum absolute atomic E-state index is 13.0. The summed E-state index contributed by atoms with van der Waals surface area (Å²) < 4.78 is 29.3. The molecule has 7 nitrogen and oxygen atoms in total. The molecule has 8 heteroatoms. The highest BCUT2D eigenvalue weighted by Gasteiger charge is 2.12.